The lowest BCUT2D eigenvalue weighted by molar-refractivity contribution is -0.132. The fraction of sp³-hybridized carbons (Fsp3) is 0.350. The molecule has 1 aromatic carbocycles. The molecule has 0 unspecified atom stereocenters. The number of hydrogen-bond donors (Lipinski definition) is 0. The summed E-state index contributed by atoms with van der Waals surface area (Å²) in [5.74, 6) is 1.29. The fourth-order valence-electron chi connectivity index (χ4n) is 3.15. The van der Waals surface area contributed by atoms with E-state index in [2.05, 4.69) is 4.98 Å². The molecule has 0 aliphatic carbocycles. The second-order valence-corrected chi connectivity index (χ2v) is 6.21. The van der Waals surface area contributed by atoms with Crippen molar-refractivity contribution in [3.8, 4) is 11.5 Å². The lowest BCUT2D eigenvalue weighted by Gasteiger charge is -2.29. The maximum atomic E-state index is 12.5. The Morgan fingerprint density at radius 1 is 1.12 bits per heavy atom. The highest BCUT2D eigenvalue weighted by Gasteiger charge is 2.23. The van der Waals surface area contributed by atoms with Gasteiger partial charge in [0.1, 0.15) is 0 Å². The molecule has 0 saturated carbocycles. The van der Waals surface area contributed by atoms with Crippen LogP contribution in [-0.4, -0.2) is 42.3 Å². The van der Waals surface area contributed by atoms with Gasteiger partial charge < -0.3 is 14.4 Å². The number of nitrogens with zero attached hydrogens (tertiary/aromatic N) is 2. The summed E-state index contributed by atoms with van der Waals surface area (Å²) in [6.07, 6.45) is 4.31. The number of methoxy groups -OCH3 is 2. The minimum absolute atomic E-state index is 0.0114. The first-order valence-electron chi connectivity index (χ1n) is 8.57. The Kier molecular flexibility index (Phi) is 5.51. The molecule has 2 aromatic rings. The standard InChI is InChI=1S/C20H22N2O4/c1-25-18-10-14-7-9-22(13-16(14)11-19(18)26-2)20(24)6-5-17(23)15-4-3-8-21-12-15/h3-4,8,10-12H,5-7,9,13H2,1-2H3. The van der Waals surface area contributed by atoms with Crippen molar-refractivity contribution >= 4 is 11.7 Å². The average molecular weight is 354 g/mol. The molecule has 1 amide bonds. The summed E-state index contributed by atoms with van der Waals surface area (Å²) in [7, 11) is 3.21. The van der Waals surface area contributed by atoms with Crippen LogP contribution in [-0.2, 0) is 17.8 Å². The maximum Gasteiger partial charge on any atom is 0.223 e. The summed E-state index contributed by atoms with van der Waals surface area (Å²) < 4.78 is 10.7. The lowest BCUT2D eigenvalue weighted by Crippen LogP contribution is -2.36. The largest absolute Gasteiger partial charge is 0.493 e. The molecule has 1 aromatic heterocycles. The van der Waals surface area contributed by atoms with Gasteiger partial charge in [0.25, 0.3) is 0 Å². The third-order valence-electron chi connectivity index (χ3n) is 4.62. The van der Waals surface area contributed by atoms with Crippen molar-refractivity contribution in [2.45, 2.75) is 25.8 Å². The van der Waals surface area contributed by atoms with Crippen LogP contribution in [0.3, 0.4) is 0 Å². The molecular formula is C20H22N2O4. The van der Waals surface area contributed by atoms with Crippen molar-refractivity contribution in [3.05, 3.63) is 53.3 Å². The average Bonchev–Trinajstić information content (AvgIpc) is 2.70. The van der Waals surface area contributed by atoms with Gasteiger partial charge in [-0.25, -0.2) is 0 Å². The van der Waals surface area contributed by atoms with Crippen LogP contribution in [0.25, 0.3) is 0 Å². The van der Waals surface area contributed by atoms with Crippen molar-refractivity contribution in [2.24, 2.45) is 0 Å². The Labute approximate surface area is 152 Å². The molecule has 0 N–H and O–H groups in total. The third-order valence-corrected chi connectivity index (χ3v) is 4.62. The summed E-state index contributed by atoms with van der Waals surface area (Å²) >= 11 is 0. The van der Waals surface area contributed by atoms with Crippen molar-refractivity contribution in [3.63, 3.8) is 0 Å². The molecule has 26 heavy (non-hydrogen) atoms. The Balaban J connectivity index is 1.63. The molecule has 6 heteroatoms. The van der Waals surface area contributed by atoms with Gasteiger partial charge >= 0.3 is 0 Å². The molecule has 0 bridgehead atoms. The number of ketones is 1. The van der Waals surface area contributed by atoms with Gasteiger partial charge in [0.15, 0.2) is 17.3 Å². The van der Waals surface area contributed by atoms with Crippen molar-refractivity contribution in [2.75, 3.05) is 20.8 Å². The number of carbonyl (C=O) groups is 2. The molecule has 0 radical (unpaired) electrons. The van der Waals surface area contributed by atoms with Crippen LogP contribution in [0.15, 0.2) is 36.7 Å². The number of carbonyl (C=O) groups excluding carboxylic acids is 2. The zero-order chi connectivity index (χ0) is 18.5. The SMILES string of the molecule is COc1cc2c(cc1OC)CN(C(=O)CCC(=O)c1cccnc1)CC2. The first-order chi connectivity index (χ1) is 12.6. The van der Waals surface area contributed by atoms with Gasteiger partial charge in [-0.2, -0.15) is 0 Å². The van der Waals surface area contributed by atoms with E-state index in [1.54, 1.807) is 37.4 Å². The minimum atomic E-state index is -0.0599. The Morgan fingerprint density at radius 3 is 2.50 bits per heavy atom. The molecule has 0 saturated heterocycles. The first-order valence-corrected chi connectivity index (χ1v) is 8.57. The van der Waals surface area contributed by atoms with Gasteiger partial charge in [0.2, 0.25) is 5.91 Å². The number of ether oxygens (including phenoxy) is 2. The maximum absolute atomic E-state index is 12.5. The number of aromatic nitrogens is 1. The van der Waals surface area contributed by atoms with Gasteiger partial charge in [-0.1, -0.05) is 0 Å². The van der Waals surface area contributed by atoms with E-state index in [4.69, 9.17) is 9.47 Å². The zero-order valence-electron chi connectivity index (χ0n) is 15.0. The van der Waals surface area contributed by atoms with E-state index in [0.717, 1.165) is 17.5 Å². The first kappa shape index (κ1) is 17.9. The van der Waals surface area contributed by atoms with Gasteiger partial charge in [0.05, 0.1) is 14.2 Å². The monoisotopic (exact) mass is 354 g/mol. The lowest BCUT2D eigenvalue weighted by atomic mass is 9.98. The second kappa shape index (κ2) is 7.99. The number of hydrogen-bond acceptors (Lipinski definition) is 5. The van der Waals surface area contributed by atoms with E-state index in [1.807, 2.05) is 12.1 Å². The molecule has 136 valence electrons. The molecule has 0 atom stereocenters. The number of pyridine rings is 1. The molecular weight excluding hydrogens is 332 g/mol. The molecule has 1 aliphatic rings. The molecule has 1 aliphatic heterocycles. The van der Waals surface area contributed by atoms with E-state index in [-0.39, 0.29) is 24.5 Å². The van der Waals surface area contributed by atoms with Crippen LogP contribution in [0, 0.1) is 0 Å². The molecule has 3 rings (SSSR count). The van der Waals surface area contributed by atoms with E-state index < -0.39 is 0 Å². The zero-order valence-corrected chi connectivity index (χ0v) is 15.0. The van der Waals surface area contributed by atoms with Gasteiger partial charge in [-0.3, -0.25) is 14.6 Å². The summed E-state index contributed by atoms with van der Waals surface area (Å²) in [5, 5.41) is 0. The molecule has 6 nitrogen and oxygen atoms in total. The normalized spacial score (nSPS) is 13.1. The van der Waals surface area contributed by atoms with Crippen LogP contribution in [0.5, 0.6) is 11.5 Å². The molecule has 0 spiro atoms. The predicted molar refractivity (Wildman–Crippen MR) is 96.5 cm³/mol. The van der Waals surface area contributed by atoms with E-state index in [9.17, 15) is 9.59 Å². The van der Waals surface area contributed by atoms with E-state index in [0.29, 0.717) is 30.2 Å². The highest BCUT2D eigenvalue weighted by Crippen LogP contribution is 2.33. The topological polar surface area (TPSA) is 68.7 Å². The Bertz CT molecular complexity index is 805. The highest BCUT2D eigenvalue weighted by molar-refractivity contribution is 5.97. The van der Waals surface area contributed by atoms with Crippen LogP contribution in [0.2, 0.25) is 0 Å². The number of rotatable bonds is 6. The fourth-order valence-corrected chi connectivity index (χ4v) is 3.15. The van der Waals surface area contributed by atoms with Crippen molar-refractivity contribution < 1.29 is 19.1 Å². The van der Waals surface area contributed by atoms with Crippen molar-refractivity contribution in [1.82, 2.24) is 9.88 Å². The van der Waals surface area contributed by atoms with Crippen LogP contribution in [0.1, 0.15) is 34.3 Å². The van der Waals surface area contributed by atoms with Crippen molar-refractivity contribution in [1.29, 1.82) is 0 Å². The van der Waals surface area contributed by atoms with Crippen LogP contribution < -0.4 is 9.47 Å². The summed E-state index contributed by atoms with van der Waals surface area (Å²) in [6.45, 7) is 1.16. The van der Waals surface area contributed by atoms with Crippen LogP contribution >= 0.6 is 0 Å². The summed E-state index contributed by atoms with van der Waals surface area (Å²) in [5.41, 5.74) is 2.76. The van der Waals surface area contributed by atoms with Gasteiger partial charge in [-0.05, 0) is 41.8 Å². The summed E-state index contributed by atoms with van der Waals surface area (Å²) in [6, 6.07) is 7.34. The number of Topliss-reactive ketones (excluding diaryl/α,β-unsaturated/α-hetero) is 1. The quantitative estimate of drug-likeness (QED) is 0.746. The van der Waals surface area contributed by atoms with Gasteiger partial charge in [-0.15, -0.1) is 0 Å². The van der Waals surface area contributed by atoms with E-state index >= 15 is 0 Å². The second-order valence-electron chi connectivity index (χ2n) is 6.21. The number of benzene rings is 1. The van der Waals surface area contributed by atoms with Gasteiger partial charge in [0, 0.05) is 43.9 Å². The smallest absolute Gasteiger partial charge is 0.223 e. The third kappa shape index (κ3) is 3.85. The number of fused-ring (bicyclic) bond motifs is 1. The predicted octanol–water partition coefficient (Wildman–Crippen LogP) is 2.65. The molecule has 2 heterocycles. The Morgan fingerprint density at radius 2 is 1.85 bits per heavy atom. The highest BCUT2D eigenvalue weighted by atomic mass is 16.5. The minimum Gasteiger partial charge on any atom is -0.493 e. The van der Waals surface area contributed by atoms with Crippen LogP contribution in [0.4, 0.5) is 0 Å². The number of amides is 1. The summed E-state index contributed by atoms with van der Waals surface area (Å²) in [4.78, 5) is 30.4. The molecule has 0 fully saturated rings. The Hall–Kier alpha value is -2.89. The van der Waals surface area contributed by atoms with E-state index in [1.165, 1.54) is 6.20 Å².